The van der Waals surface area contributed by atoms with E-state index >= 15 is 0 Å². The van der Waals surface area contributed by atoms with Gasteiger partial charge in [0, 0.05) is 24.7 Å². The number of rotatable bonds is 3. The number of carbonyl (C=O) groups excluding carboxylic acids is 2. The van der Waals surface area contributed by atoms with Crippen LogP contribution in [0.2, 0.25) is 5.02 Å². The van der Waals surface area contributed by atoms with Crippen LogP contribution in [0.4, 0.5) is 9.59 Å². The quantitative estimate of drug-likeness (QED) is 0.543. The second-order valence-corrected chi connectivity index (χ2v) is 10.1. The van der Waals surface area contributed by atoms with E-state index in [0.29, 0.717) is 31.1 Å². The van der Waals surface area contributed by atoms with Gasteiger partial charge in [-0.1, -0.05) is 41.9 Å². The molecule has 1 atom stereocenters. The van der Waals surface area contributed by atoms with Crippen LogP contribution in [-0.2, 0) is 29.0 Å². The summed E-state index contributed by atoms with van der Waals surface area (Å²) in [6.45, 7) is 7.55. The molecule has 0 aromatic heterocycles. The van der Waals surface area contributed by atoms with E-state index in [-0.39, 0.29) is 24.8 Å². The monoisotopic (exact) mass is 470 g/mol. The van der Waals surface area contributed by atoms with Gasteiger partial charge in [0.15, 0.2) is 0 Å². The van der Waals surface area contributed by atoms with Crippen molar-refractivity contribution in [3.63, 3.8) is 0 Å². The Morgan fingerprint density at radius 3 is 2.58 bits per heavy atom. The van der Waals surface area contributed by atoms with Gasteiger partial charge in [-0.05, 0) is 74.4 Å². The lowest BCUT2D eigenvalue weighted by Crippen LogP contribution is -2.39. The normalized spacial score (nSPS) is 18.1. The zero-order valence-corrected chi connectivity index (χ0v) is 20.2. The van der Waals surface area contributed by atoms with Gasteiger partial charge < -0.3 is 19.3 Å². The van der Waals surface area contributed by atoms with Crippen LogP contribution in [0.15, 0.2) is 42.5 Å². The van der Waals surface area contributed by atoms with E-state index in [1.165, 1.54) is 5.56 Å². The highest BCUT2D eigenvalue weighted by molar-refractivity contribution is 6.30. The molecule has 0 N–H and O–H groups in total. The van der Waals surface area contributed by atoms with Gasteiger partial charge in [-0.3, -0.25) is 0 Å². The molecule has 0 spiro atoms. The summed E-state index contributed by atoms with van der Waals surface area (Å²) in [7, 11) is 0. The standard InChI is InChI=1S/C26H31ClN2O4/c1-26(2,3)33-25(31)29-12-7-10-23(29)22-15-20(27)14-19-16-28(13-11-21(19)22)24(30)32-17-18-8-5-4-6-9-18/h4-6,8-9,14-15,23H,7,10-13,16-17H2,1-3H3/t23-/m0/s1. The predicted octanol–water partition coefficient (Wildman–Crippen LogP) is 6.11. The van der Waals surface area contributed by atoms with Crippen molar-refractivity contribution >= 4 is 23.8 Å². The van der Waals surface area contributed by atoms with Crippen LogP contribution in [0.3, 0.4) is 0 Å². The SMILES string of the molecule is CC(C)(C)OC(=O)N1CCC[C@H]1c1cc(Cl)cc2c1CCN(C(=O)OCc1ccccc1)C2. The van der Waals surface area contributed by atoms with Gasteiger partial charge in [0.25, 0.3) is 0 Å². The van der Waals surface area contributed by atoms with Crippen LogP contribution in [0.5, 0.6) is 0 Å². The van der Waals surface area contributed by atoms with Crippen molar-refractivity contribution in [1.82, 2.24) is 9.80 Å². The summed E-state index contributed by atoms with van der Waals surface area (Å²) in [6.07, 6.45) is 1.86. The Kier molecular flexibility index (Phi) is 6.84. The first-order valence-electron chi connectivity index (χ1n) is 11.5. The van der Waals surface area contributed by atoms with Crippen molar-refractivity contribution in [2.24, 2.45) is 0 Å². The summed E-state index contributed by atoms with van der Waals surface area (Å²) >= 11 is 6.49. The number of benzene rings is 2. The third-order valence-electron chi connectivity index (χ3n) is 6.04. The van der Waals surface area contributed by atoms with Crippen LogP contribution in [-0.4, -0.2) is 40.7 Å². The molecular weight excluding hydrogens is 440 g/mol. The van der Waals surface area contributed by atoms with Crippen molar-refractivity contribution in [3.8, 4) is 0 Å². The molecule has 1 fully saturated rings. The molecule has 4 rings (SSSR count). The van der Waals surface area contributed by atoms with E-state index in [2.05, 4.69) is 0 Å². The molecule has 176 valence electrons. The van der Waals surface area contributed by atoms with Crippen molar-refractivity contribution in [1.29, 1.82) is 0 Å². The number of ether oxygens (including phenoxy) is 2. The Morgan fingerprint density at radius 2 is 1.85 bits per heavy atom. The summed E-state index contributed by atoms with van der Waals surface area (Å²) in [6, 6.07) is 13.5. The number of likely N-dealkylation sites (tertiary alicyclic amines) is 1. The molecule has 0 aliphatic carbocycles. The Labute approximate surface area is 200 Å². The topological polar surface area (TPSA) is 59.1 Å². The molecule has 2 heterocycles. The number of hydrogen-bond acceptors (Lipinski definition) is 4. The minimum Gasteiger partial charge on any atom is -0.445 e. The van der Waals surface area contributed by atoms with E-state index in [1.54, 1.807) is 4.90 Å². The van der Waals surface area contributed by atoms with Crippen LogP contribution in [0.1, 0.15) is 61.9 Å². The van der Waals surface area contributed by atoms with Gasteiger partial charge in [0.2, 0.25) is 0 Å². The smallest absolute Gasteiger partial charge is 0.410 e. The van der Waals surface area contributed by atoms with Crippen molar-refractivity contribution in [2.45, 2.75) is 64.8 Å². The highest BCUT2D eigenvalue weighted by Crippen LogP contribution is 2.39. The Bertz CT molecular complexity index is 1020. The number of hydrogen-bond donors (Lipinski definition) is 0. The molecule has 7 heteroatoms. The molecule has 2 aromatic rings. The maximum Gasteiger partial charge on any atom is 0.410 e. The lowest BCUT2D eigenvalue weighted by Gasteiger charge is -2.33. The molecule has 0 unspecified atom stereocenters. The minimum atomic E-state index is -0.543. The molecule has 2 amide bonds. The van der Waals surface area contributed by atoms with E-state index in [0.717, 1.165) is 29.5 Å². The average molecular weight is 471 g/mol. The van der Waals surface area contributed by atoms with Crippen LogP contribution in [0.25, 0.3) is 0 Å². The molecule has 1 saturated heterocycles. The van der Waals surface area contributed by atoms with Crippen LogP contribution >= 0.6 is 11.6 Å². The Balaban J connectivity index is 1.49. The van der Waals surface area contributed by atoms with Gasteiger partial charge in [0.05, 0.1) is 6.04 Å². The highest BCUT2D eigenvalue weighted by atomic mass is 35.5. The summed E-state index contributed by atoms with van der Waals surface area (Å²) < 4.78 is 11.2. The first-order chi connectivity index (χ1) is 15.7. The van der Waals surface area contributed by atoms with Crippen molar-refractivity contribution < 1.29 is 19.1 Å². The maximum absolute atomic E-state index is 12.8. The zero-order chi connectivity index (χ0) is 23.6. The van der Waals surface area contributed by atoms with E-state index < -0.39 is 5.60 Å². The van der Waals surface area contributed by atoms with Gasteiger partial charge in [-0.2, -0.15) is 0 Å². The molecule has 0 bridgehead atoms. The van der Waals surface area contributed by atoms with Crippen molar-refractivity contribution in [3.05, 3.63) is 69.7 Å². The lowest BCUT2D eigenvalue weighted by atomic mass is 9.90. The molecule has 0 radical (unpaired) electrons. The second-order valence-electron chi connectivity index (χ2n) is 9.68. The van der Waals surface area contributed by atoms with Crippen molar-refractivity contribution in [2.75, 3.05) is 13.1 Å². The largest absolute Gasteiger partial charge is 0.445 e. The third kappa shape index (κ3) is 5.61. The molecule has 6 nitrogen and oxygen atoms in total. The number of fused-ring (bicyclic) bond motifs is 1. The van der Waals surface area contributed by atoms with Crippen LogP contribution < -0.4 is 0 Å². The summed E-state index contributed by atoms with van der Waals surface area (Å²) in [5.74, 6) is 0. The minimum absolute atomic E-state index is 0.0658. The number of amides is 2. The molecule has 2 aliphatic heterocycles. The van der Waals surface area contributed by atoms with Gasteiger partial charge >= 0.3 is 12.2 Å². The maximum atomic E-state index is 12.8. The number of nitrogens with zero attached hydrogens (tertiary/aromatic N) is 2. The molecule has 2 aromatic carbocycles. The van der Waals surface area contributed by atoms with Gasteiger partial charge in [-0.15, -0.1) is 0 Å². The predicted molar refractivity (Wildman–Crippen MR) is 127 cm³/mol. The van der Waals surface area contributed by atoms with Gasteiger partial charge in [0.1, 0.15) is 12.2 Å². The number of halogens is 1. The third-order valence-corrected chi connectivity index (χ3v) is 6.26. The van der Waals surface area contributed by atoms with E-state index in [1.807, 2.05) is 68.1 Å². The Morgan fingerprint density at radius 1 is 1.09 bits per heavy atom. The summed E-state index contributed by atoms with van der Waals surface area (Å²) in [5.41, 5.74) is 3.66. The molecular formula is C26H31ClN2O4. The zero-order valence-electron chi connectivity index (χ0n) is 19.5. The summed E-state index contributed by atoms with van der Waals surface area (Å²) in [4.78, 5) is 29.0. The molecule has 33 heavy (non-hydrogen) atoms. The van der Waals surface area contributed by atoms with E-state index in [9.17, 15) is 9.59 Å². The van der Waals surface area contributed by atoms with E-state index in [4.69, 9.17) is 21.1 Å². The fourth-order valence-electron chi connectivity index (χ4n) is 4.59. The average Bonchev–Trinajstić information content (AvgIpc) is 3.26. The van der Waals surface area contributed by atoms with Crippen LogP contribution in [0, 0.1) is 0 Å². The molecule has 0 saturated carbocycles. The number of carbonyl (C=O) groups is 2. The van der Waals surface area contributed by atoms with Gasteiger partial charge in [-0.25, -0.2) is 9.59 Å². The first kappa shape index (κ1) is 23.4. The first-order valence-corrected chi connectivity index (χ1v) is 11.9. The fraction of sp³-hybridized carbons (Fsp3) is 0.462. The lowest BCUT2D eigenvalue weighted by molar-refractivity contribution is 0.0223. The molecule has 2 aliphatic rings. The Hall–Kier alpha value is -2.73. The second kappa shape index (κ2) is 9.64. The fourth-order valence-corrected chi connectivity index (χ4v) is 4.84. The summed E-state index contributed by atoms with van der Waals surface area (Å²) in [5, 5.41) is 0.610. The highest BCUT2D eigenvalue weighted by Gasteiger charge is 2.36.